The van der Waals surface area contributed by atoms with Crippen LogP contribution in [0.2, 0.25) is 0 Å². The highest BCUT2D eigenvalue weighted by molar-refractivity contribution is 7.15. The lowest BCUT2D eigenvalue weighted by Gasteiger charge is -2.09. The van der Waals surface area contributed by atoms with Crippen LogP contribution >= 0.6 is 11.3 Å². The third kappa shape index (κ3) is 4.94. The first kappa shape index (κ1) is 18.6. The number of hydrogen-bond donors (Lipinski definition) is 3. The van der Waals surface area contributed by atoms with Crippen LogP contribution in [0, 0.1) is 0 Å². The molecule has 0 bridgehead atoms. The fourth-order valence-electron chi connectivity index (χ4n) is 2.23. The molecule has 1 aromatic heterocycles. The Balaban J connectivity index is 1.62. The zero-order chi connectivity index (χ0) is 19.4. The lowest BCUT2D eigenvalue weighted by atomic mass is 10.1. The maximum Gasteiger partial charge on any atom is 0.416 e. The van der Waals surface area contributed by atoms with Gasteiger partial charge in [0.05, 0.1) is 5.56 Å². The van der Waals surface area contributed by atoms with E-state index < -0.39 is 17.8 Å². The lowest BCUT2D eigenvalue weighted by molar-refractivity contribution is -0.137. The van der Waals surface area contributed by atoms with E-state index in [0.29, 0.717) is 17.0 Å². The number of amides is 2. The molecule has 3 N–H and O–H groups in total. The van der Waals surface area contributed by atoms with Crippen molar-refractivity contribution in [2.24, 2.45) is 0 Å². The van der Waals surface area contributed by atoms with Crippen molar-refractivity contribution in [3.8, 4) is 5.75 Å². The van der Waals surface area contributed by atoms with Crippen LogP contribution < -0.4 is 10.6 Å². The molecule has 0 saturated carbocycles. The SMILES string of the molecule is O=C(Nc1cccc(C(F)(F)F)c1)Nc1nnc(Cc2ccccc2O)s1. The Morgan fingerprint density at radius 1 is 1.07 bits per heavy atom. The van der Waals surface area contributed by atoms with Gasteiger partial charge in [0, 0.05) is 17.7 Å². The van der Waals surface area contributed by atoms with Gasteiger partial charge >= 0.3 is 12.2 Å². The van der Waals surface area contributed by atoms with Crippen molar-refractivity contribution in [3.05, 3.63) is 64.7 Å². The number of halogens is 3. The maximum absolute atomic E-state index is 12.7. The second-order valence-electron chi connectivity index (χ2n) is 5.46. The van der Waals surface area contributed by atoms with Gasteiger partial charge in [-0.1, -0.05) is 35.6 Å². The second kappa shape index (κ2) is 7.62. The molecular weight excluding hydrogens is 381 g/mol. The largest absolute Gasteiger partial charge is 0.508 e. The Hall–Kier alpha value is -3.14. The van der Waals surface area contributed by atoms with Crippen LogP contribution in [-0.4, -0.2) is 21.3 Å². The van der Waals surface area contributed by atoms with E-state index in [1.54, 1.807) is 24.3 Å². The number of nitrogens with zero attached hydrogens (tertiary/aromatic N) is 2. The number of anilines is 2. The predicted molar refractivity (Wildman–Crippen MR) is 94.9 cm³/mol. The van der Waals surface area contributed by atoms with E-state index in [-0.39, 0.29) is 16.6 Å². The number of aromatic nitrogens is 2. The third-order valence-electron chi connectivity index (χ3n) is 3.47. The maximum atomic E-state index is 12.7. The summed E-state index contributed by atoms with van der Waals surface area (Å²) in [5, 5.41) is 23.0. The minimum absolute atomic E-state index is 0.00118. The van der Waals surface area contributed by atoms with Gasteiger partial charge < -0.3 is 10.4 Å². The number of hydrogen-bond acceptors (Lipinski definition) is 5. The molecule has 6 nitrogen and oxygen atoms in total. The monoisotopic (exact) mass is 394 g/mol. The summed E-state index contributed by atoms with van der Waals surface area (Å²) in [4.78, 5) is 12.0. The Bertz CT molecular complexity index is 959. The molecule has 2 aromatic carbocycles. The van der Waals surface area contributed by atoms with E-state index in [4.69, 9.17) is 0 Å². The number of phenolic OH excluding ortho intramolecular Hbond substituents is 1. The van der Waals surface area contributed by atoms with E-state index >= 15 is 0 Å². The molecule has 1 heterocycles. The number of carbonyl (C=O) groups is 1. The molecule has 0 aliphatic carbocycles. The van der Waals surface area contributed by atoms with E-state index in [9.17, 15) is 23.1 Å². The highest BCUT2D eigenvalue weighted by Crippen LogP contribution is 2.30. The Morgan fingerprint density at radius 3 is 2.59 bits per heavy atom. The predicted octanol–water partition coefficient (Wildman–Crippen LogP) is 4.50. The average Bonchev–Trinajstić information content (AvgIpc) is 3.03. The highest BCUT2D eigenvalue weighted by atomic mass is 32.1. The molecule has 27 heavy (non-hydrogen) atoms. The number of carbonyl (C=O) groups excluding carboxylic acids is 1. The quantitative estimate of drug-likeness (QED) is 0.608. The van der Waals surface area contributed by atoms with Crippen LogP contribution in [0.4, 0.5) is 28.8 Å². The number of para-hydroxylation sites is 1. The van der Waals surface area contributed by atoms with Crippen LogP contribution in [0.15, 0.2) is 48.5 Å². The topological polar surface area (TPSA) is 87.1 Å². The van der Waals surface area contributed by atoms with Crippen LogP contribution in [0.25, 0.3) is 0 Å². The molecule has 0 unspecified atom stereocenters. The number of aromatic hydroxyl groups is 1. The van der Waals surface area contributed by atoms with E-state index in [1.165, 1.54) is 12.1 Å². The Kier molecular flexibility index (Phi) is 5.26. The zero-order valence-electron chi connectivity index (χ0n) is 13.6. The van der Waals surface area contributed by atoms with Gasteiger partial charge in [-0.2, -0.15) is 13.2 Å². The summed E-state index contributed by atoms with van der Waals surface area (Å²) in [6, 6.07) is 10.3. The summed E-state index contributed by atoms with van der Waals surface area (Å²) in [5.74, 6) is 0.129. The Labute approximate surface area is 155 Å². The second-order valence-corrected chi connectivity index (χ2v) is 6.53. The molecule has 10 heteroatoms. The van der Waals surface area contributed by atoms with Crippen LogP contribution in [0.1, 0.15) is 16.1 Å². The van der Waals surface area contributed by atoms with E-state index in [2.05, 4.69) is 20.8 Å². The molecular formula is C17H13F3N4O2S. The number of urea groups is 1. The van der Waals surface area contributed by atoms with Crippen molar-refractivity contribution >= 4 is 28.2 Å². The van der Waals surface area contributed by atoms with E-state index in [0.717, 1.165) is 23.5 Å². The van der Waals surface area contributed by atoms with Gasteiger partial charge in [0.2, 0.25) is 5.13 Å². The summed E-state index contributed by atoms with van der Waals surface area (Å²) in [6.45, 7) is 0. The third-order valence-corrected chi connectivity index (χ3v) is 4.31. The fraction of sp³-hybridized carbons (Fsp3) is 0.118. The number of phenols is 1. The van der Waals surface area contributed by atoms with Gasteiger partial charge in [0.15, 0.2) is 0 Å². The smallest absolute Gasteiger partial charge is 0.416 e. The molecule has 0 spiro atoms. The van der Waals surface area contributed by atoms with Crippen LogP contribution in [-0.2, 0) is 12.6 Å². The molecule has 3 rings (SSSR count). The van der Waals surface area contributed by atoms with Crippen molar-refractivity contribution in [2.75, 3.05) is 10.6 Å². The Morgan fingerprint density at radius 2 is 1.85 bits per heavy atom. The van der Waals surface area contributed by atoms with Crippen molar-refractivity contribution in [1.29, 1.82) is 0 Å². The minimum atomic E-state index is -4.49. The molecule has 0 radical (unpaired) electrons. The summed E-state index contributed by atoms with van der Waals surface area (Å²) in [5.41, 5.74) is -0.198. The molecule has 140 valence electrons. The summed E-state index contributed by atoms with van der Waals surface area (Å²) >= 11 is 1.10. The van der Waals surface area contributed by atoms with Gasteiger partial charge in [-0.05, 0) is 24.3 Å². The number of rotatable bonds is 4. The fourth-order valence-corrected chi connectivity index (χ4v) is 2.99. The molecule has 3 aromatic rings. The van der Waals surface area contributed by atoms with Gasteiger partial charge in [-0.25, -0.2) is 4.79 Å². The molecule has 0 saturated heterocycles. The number of benzene rings is 2. The molecule has 0 fully saturated rings. The zero-order valence-corrected chi connectivity index (χ0v) is 14.4. The van der Waals surface area contributed by atoms with Gasteiger partial charge in [0.25, 0.3) is 0 Å². The molecule has 0 atom stereocenters. The van der Waals surface area contributed by atoms with Crippen molar-refractivity contribution in [3.63, 3.8) is 0 Å². The van der Waals surface area contributed by atoms with Crippen molar-refractivity contribution in [1.82, 2.24) is 10.2 Å². The summed E-state index contributed by atoms with van der Waals surface area (Å²) < 4.78 is 38.1. The van der Waals surface area contributed by atoms with Crippen LogP contribution in [0.5, 0.6) is 5.75 Å². The summed E-state index contributed by atoms with van der Waals surface area (Å²) in [7, 11) is 0. The van der Waals surface area contributed by atoms with Gasteiger partial charge in [-0.3, -0.25) is 5.32 Å². The first-order chi connectivity index (χ1) is 12.8. The standard InChI is InChI=1S/C17H13F3N4O2S/c18-17(19,20)11-5-3-6-12(9-11)21-15(26)22-16-24-23-14(27-16)8-10-4-1-2-7-13(10)25/h1-7,9,25H,8H2,(H2,21,22,24,26). The van der Waals surface area contributed by atoms with Crippen molar-refractivity contribution in [2.45, 2.75) is 12.6 Å². The van der Waals surface area contributed by atoms with Gasteiger partial charge in [-0.15, -0.1) is 10.2 Å². The van der Waals surface area contributed by atoms with Gasteiger partial charge in [0.1, 0.15) is 10.8 Å². The summed E-state index contributed by atoms with van der Waals surface area (Å²) in [6.07, 6.45) is -4.16. The lowest BCUT2D eigenvalue weighted by Crippen LogP contribution is -2.19. The van der Waals surface area contributed by atoms with Crippen molar-refractivity contribution < 1.29 is 23.1 Å². The molecule has 2 amide bonds. The average molecular weight is 394 g/mol. The molecule has 0 aliphatic heterocycles. The van der Waals surface area contributed by atoms with E-state index in [1.807, 2.05) is 0 Å². The first-order valence-corrected chi connectivity index (χ1v) is 8.47. The molecule has 0 aliphatic rings. The van der Waals surface area contributed by atoms with Crippen LogP contribution in [0.3, 0.4) is 0 Å². The number of alkyl halides is 3. The highest BCUT2D eigenvalue weighted by Gasteiger charge is 2.30. The number of nitrogens with one attached hydrogen (secondary N) is 2. The minimum Gasteiger partial charge on any atom is -0.508 e. The normalized spacial score (nSPS) is 11.2. The first-order valence-electron chi connectivity index (χ1n) is 7.66.